The lowest BCUT2D eigenvalue weighted by molar-refractivity contribution is -0.138. The van der Waals surface area contributed by atoms with Crippen LogP contribution in [0.4, 0.5) is 18.9 Å². The Labute approximate surface area is 205 Å². The van der Waals surface area contributed by atoms with Gasteiger partial charge in [0.05, 0.1) is 36.3 Å². The van der Waals surface area contributed by atoms with Gasteiger partial charge in [-0.3, -0.25) is 4.79 Å². The molecular weight excluding hydrogens is 479 g/mol. The first kappa shape index (κ1) is 25.9. The van der Waals surface area contributed by atoms with E-state index in [4.69, 9.17) is 9.47 Å². The molecule has 0 atom stereocenters. The molecule has 1 amide bonds. The average Bonchev–Trinajstić information content (AvgIpc) is 2.85. The Balaban J connectivity index is 1.86. The van der Waals surface area contributed by atoms with Crippen LogP contribution in [0.1, 0.15) is 24.5 Å². The third kappa shape index (κ3) is 6.90. The van der Waals surface area contributed by atoms with E-state index < -0.39 is 23.2 Å². The van der Waals surface area contributed by atoms with Gasteiger partial charge in [-0.2, -0.15) is 18.4 Å². The van der Waals surface area contributed by atoms with Crippen molar-refractivity contribution in [3.63, 3.8) is 0 Å². The van der Waals surface area contributed by atoms with E-state index in [0.29, 0.717) is 29.4 Å². The fraction of sp³-hybridized carbons (Fsp3) is 0.240. The number of anilines is 1. The van der Waals surface area contributed by atoms with Crippen LogP contribution < -0.4 is 14.8 Å². The van der Waals surface area contributed by atoms with Crippen LogP contribution >= 0.6 is 11.8 Å². The summed E-state index contributed by atoms with van der Waals surface area (Å²) >= 11 is 0.765. The number of nitrogens with one attached hydrogen (secondary N) is 1. The number of methoxy groups -OCH3 is 1. The summed E-state index contributed by atoms with van der Waals surface area (Å²) in [4.78, 5) is 16.7. The van der Waals surface area contributed by atoms with Crippen molar-refractivity contribution < 1.29 is 27.4 Å². The number of alkyl halides is 3. The molecule has 0 saturated carbocycles. The second kappa shape index (κ2) is 11.6. The van der Waals surface area contributed by atoms with Crippen molar-refractivity contribution in [3.8, 4) is 28.8 Å². The van der Waals surface area contributed by atoms with Crippen molar-refractivity contribution in [2.75, 3.05) is 24.8 Å². The number of ether oxygens (including phenoxy) is 2. The third-order valence-corrected chi connectivity index (χ3v) is 5.72. The summed E-state index contributed by atoms with van der Waals surface area (Å²) in [5.41, 5.74) is -0.759. The maximum atomic E-state index is 13.8. The van der Waals surface area contributed by atoms with E-state index in [0.717, 1.165) is 24.2 Å². The van der Waals surface area contributed by atoms with E-state index in [9.17, 15) is 23.2 Å². The van der Waals surface area contributed by atoms with E-state index in [2.05, 4.69) is 10.3 Å². The Kier molecular flexibility index (Phi) is 8.60. The number of hydrogen-bond acceptors (Lipinski definition) is 6. The standard InChI is InChI=1S/C25H22F3N3O3S/c1-3-12-34-19-8-4-16(5-9-19)22-13-21(25(26,27)28)20(14-29)24(31-22)35-15-23(32)30-17-6-10-18(33-2)11-7-17/h4-11,13H,3,12,15H2,1-2H3,(H,30,32). The van der Waals surface area contributed by atoms with E-state index in [-0.39, 0.29) is 16.5 Å². The molecule has 0 aliphatic carbocycles. The molecule has 1 heterocycles. The second-order valence-corrected chi connectivity index (χ2v) is 8.25. The highest BCUT2D eigenvalue weighted by molar-refractivity contribution is 8.00. The molecule has 1 aromatic heterocycles. The molecule has 6 nitrogen and oxygen atoms in total. The van der Waals surface area contributed by atoms with Gasteiger partial charge < -0.3 is 14.8 Å². The van der Waals surface area contributed by atoms with Crippen molar-refractivity contribution in [3.05, 3.63) is 65.7 Å². The first-order valence-electron chi connectivity index (χ1n) is 10.6. The van der Waals surface area contributed by atoms with E-state index >= 15 is 0 Å². The minimum absolute atomic E-state index is 0.0384. The van der Waals surface area contributed by atoms with Crippen molar-refractivity contribution in [1.29, 1.82) is 5.26 Å². The minimum Gasteiger partial charge on any atom is -0.497 e. The van der Waals surface area contributed by atoms with Gasteiger partial charge in [-0.1, -0.05) is 18.7 Å². The number of thioether (sulfide) groups is 1. The first-order chi connectivity index (χ1) is 16.7. The molecule has 0 unspecified atom stereocenters. The number of halogens is 3. The number of nitrogens with zero attached hydrogens (tertiary/aromatic N) is 2. The molecule has 35 heavy (non-hydrogen) atoms. The van der Waals surface area contributed by atoms with Crippen LogP contribution in [0.5, 0.6) is 11.5 Å². The van der Waals surface area contributed by atoms with E-state index in [1.807, 2.05) is 6.92 Å². The highest BCUT2D eigenvalue weighted by Crippen LogP contribution is 2.38. The third-order valence-electron chi connectivity index (χ3n) is 4.74. The number of rotatable bonds is 9. The summed E-state index contributed by atoms with van der Waals surface area (Å²) in [6, 6.07) is 15.5. The van der Waals surface area contributed by atoms with Crippen LogP contribution in [-0.2, 0) is 11.0 Å². The lowest BCUT2D eigenvalue weighted by Crippen LogP contribution is -2.15. The number of carbonyl (C=O) groups is 1. The molecular formula is C25H22F3N3O3S. The van der Waals surface area contributed by atoms with Gasteiger partial charge in [0, 0.05) is 11.3 Å². The number of benzene rings is 2. The molecule has 0 saturated heterocycles. The van der Waals surface area contributed by atoms with Gasteiger partial charge in [0.1, 0.15) is 22.6 Å². The number of aromatic nitrogens is 1. The van der Waals surface area contributed by atoms with Gasteiger partial charge >= 0.3 is 6.18 Å². The number of hydrogen-bond donors (Lipinski definition) is 1. The fourth-order valence-corrected chi connectivity index (χ4v) is 3.86. The van der Waals surface area contributed by atoms with E-state index in [1.165, 1.54) is 7.11 Å². The molecule has 0 aliphatic rings. The Morgan fingerprint density at radius 1 is 1.11 bits per heavy atom. The van der Waals surface area contributed by atoms with Gasteiger partial charge in [-0.05, 0) is 61.0 Å². The zero-order valence-electron chi connectivity index (χ0n) is 19.0. The predicted molar refractivity (Wildman–Crippen MR) is 128 cm³/mol. The summed E-state index contributed by atoms with van der Waals surface area (Å²) in [6.07, 6.45) is -3.95. The average molecular weight is 502 g/mol. The van der Waals surface area contributed by atoms with Crippen LogP contribution in [0.15, 0.2) is 59.6 Å². The predicted octanol–water partition coefficient (Wildman–Crippen LogP) is 6.17. The van der Waals surface area contributed by atoms with Gasteiger partial charge in [0.15, 0.2) is 0 Å². The van der Waals surface area contributed by atoms with Crippen LogP contribution in [0.25, 0.3) is 11.3 Å². The molecule has 0 fully saturated rings. The van der Waals surface area contributed by atoms with Gasteiger partial charge in [0.25, 0.3) is 0 Å². The van der Waals surface area contributed by atoms with Crippen LogP contribution in [0.3, 0.4) is 0 Å². The Morgan fingerprint density at radius 3 is 2.34 bits per heavy atom. The largest absolute Gasteiger partial charge is 0.497 e. The van der Waals surface area contributed by atoms with Crippen LogP contribution in [-0.4, -0.2) is 30.4 Å². The van der Waals surface area contributed by atoms with Gasteiger partial charge in [-0.15, -0.1) is 0 Å². The SMILES string of the molecule is CCCOc1ccc(-c2cc(C(F)(F)F)c(C#N)c(SCC(=O)Nc3ccc(OC)cc3)n2)cc1. The molecule has 182 valence electrons. The first-order valence-corrected chi connectivity index (χ1v) is 11.6. The summed E-state index contributed by atoms with van der Waals surface area (Å²) in [7, 11) is 1.52. The van der Waals surface area contributed by atoms with Gasteiger partial charge in [-0.25, -0.2) is 4.98 Å². The summed E-state index contributed by atoms with van der Waals surface area (Å²) in [5.74, 6) is 0.507. The molecule has 0 radical (unpaired) electrons. The van der Waals surface area contributed by atoms with Crippen molar-refractivity contribution in [2.45, 2.75) is 24.5 Å². The number of carbonyl (C=O) groups excluding carboxylic acids is 1. The maximum Gasteiger partial charge on any atom is 0.417 e. The monoisotopic (exact) mass is 501 g/mol. The molecule has 1 N–H and O–H groups in total. The van der Waals surface area contributed by atoms with Crippen molar-refractivity contribution in [1.82, 2.24) is 4.98 Å². The Bertz CT molecular complexity index is 1210. The second-order valence-electron chi connectivity index (χ2n) is 7.28. The zero-order valence-corrected chi connectivity index (χ0v) is 19.8. The van der Waals surface area contributed by atoms with Crippen molar-refractivity contribution in [2.24, 2.45) is 0 Å². The molecule has 0 aliphatic heterocycles. The van der Waals surface area contributed by atoms with Crippen LogP contribution in [0.2, 0.25) is 0 Å². The highest BCUT2D eigenvalue weighted by Gasteiger charge is 2.36. The highest BCUT2D eigenvalue weighted by atomic mass is 32.2. The Morgan fingerprint density at radius 2 is 1.77 bits per heavy atom. The lowest BCUT2D eigenvalue weighted by atomic mass is 10.1. The summed E-state index contributed by atoms with van der Waals surface area (Å²) < 4.78 is 51.9. The minimum atomic E-state index is -4.77. The Hall–Kier alpha value is -3.71. The molecule has 10 heteroatoms. The summed E-state index contributed by atoms with van der Waals surface area (Å²) in [6.45, 7) is 2.48. The molecule has 2 aromatic carbocycles. The van der Waals surface area contributed by atoms with Gasteiger partial charge in [0.2, 0.25) is 5.91 Å². The van der Waals surface area contributed by atoms with E-state index in [1.54, 1.807) is 54.6 Å². The molecule has 0 spiro atoms. The molecule has 0 bridgehead atoms. The topological polar surface area (TPSA) is 84.2 Å². The maximum absolute atomic E-state index is 13.8. The lowest BCUT2D eigenvalue weighted by Gasteiger charge is -2.14. The number of amides is 1. The number of pyridine rings is 1. The fourth-order valence-electron chi connectivity index (χ4n) is 3.05. The normalized spacial score (nSPS) is 11.0. The number of nitriles is 1. The van der Waals surface area contributed by atoms with Crippen LogP contribution in [0, 0.1) is 11.3 Å². The zero-order chi connectivity index (χ0) is 25.4. The molecule has 3 aromatic rings. The quantitative estimate of drug-likeness (QED) is 0.353. The summed E-state index contributed by atoms with van der Waals surface area (Å²) in [5, 5.41) is 11.9. The smallest absolute Gasteiger partial charge is 0.417 e. The molecule has 3 rings (SSSR count). The van der Waals surface area contributed by atoms with Crippen molar-refractivity contribution >= 4 is 23.4 Å².